The molecule has 1 fully saturated rings. The maximum absolute atomic E-state index is 4.60. The summed E-state index contributed by atoms with van der Waals surface area (Å²) in [5.74, 6) is 1.13. The lowest BCUT2D eigenvalue weighted by molar-refractivity contribution is 0.262. The lowest BCUT2D eigenvalue weighted by Crippen LogP contribution is -2.46. The van der Waals surface area contributed by atoms with Crippen molar-refractivity contribution in [3.63, 3.8) is 0 Å². The summed E-state index contributed by atoms with van der Waals surface area (Å²) in [5.41, 5.74) is 0. The van der Waals surface area contributed by atoms with Crippen molar-refractivity contribution in [3.05, 3.63) is 43.5 Å². The van der Waals surface area contributed by atoms with Gasteiger partial charge in [-0.2, -0.15) is 0 Å². The molecule has 1 aromatic heterocycles. The number of anilines is 1. The lowest BCUT2D eigenvalue weighted by atomic mass is 10.1. The molecular weight excluding hydrogens is 234 g/mol. The molecule has 0 unspecified atom stereocenters. The molecule has 0 bridgehead atoms. The van der Waals surface area contributed by atoms with Crippen LogP contribution in [0.5, 0.6) is 0 Å². The van der Waals surface area contributed by atoms with Gasteiger partial charge >= 0.3 is 0 Å². The number of aromatic nitrogens is 1. The first-order valence-electron chi connectivity index (χ1n) is 6.99. The van der Waals surface area contributed by atoms with Crippen LogP contribution >= 0.6 is 0 Å². The molecule has 99 valence electrons. The Labute approximate surface area is 114 Å². The fourth-order valence-corrected chi connectivity index (χ4v) is 2.76. The summed E-state index contributed by atoms with van der Waals surface area (Å²) in [6.45, 7) is 9.37. The van der Waals surface area contributed by atoms with Crippen LogP contribution in [0.3, 0.4) is 0 Å². The zero-order valence-electron chi connectivity index (χ0n) is 11.3. The molecule has 3 heteroatoms. The van der Waals surface area contributed by atoms with Crippen molar-refractivity contribution >= 4 is 16.6 Å². The van der Waals surface area contributed by atoms with Gasteiger partial charge in [-0.05, 0) is 24.4 Å². The van der Waals surface area contributed by atoms with Crippen molar-refractivity contribution in [1.29, 1.82) is 0 Å². The Morgan fingerprint density at radius 1 is 1.05 bits per heavy atom. The predicted molar refractivity (Wildman–Crippen MR) is 80.4 cm³/mol. The highest BCUT2D eigenvalue weighted by Gasteiger charge is 2.18. The van der Waals surface area contributed by atoms with Gasteiger partial charge in [0.15, 0.2) is 0 Å². The summed E-state index contributed by atoms with van der Waals surface area (Å²) in [6, 6.07) is 10.6. The van der Waals surface area contributed by atoms with Gasteiger partial charge in [-0.15, -0.1) is 0 Å². The molecule has 1 aromatic carbocycles. The van der Waals surface area contributed by atoms with Crippen molar-refractivity contribution in [2.24, 2.45) is 0 Å². The fraction of sp³-hybridized carbons (Fsp3) is 0.375. The summed E-state index contributed by atoms with van der Waals surface area (Å²) in [7, 11) is 0. The van der Waals surface area contributed by atoms with Crippen molar-refractivity contribution < 1.29 is 0 Å². The average Bonchev–Trinajstić information content (AvgIpc) is 2.48. The van der Waals surface area contributed by atoms with Gasteiger partial charge in [0, 0.05) is 37.8 Å². The van der Waals surface area contributed by atoms with Gasteiger partial charge in [-0.25, -0.2) is 4.98 Å². The van der Waals surface area contributed by atoms with Crippen LogP contribution in [0.4, 0.5) is 5.82 Å². The lowest BCUT2D eigenvalue weighted by Gasteiger charge is -2.35. The van der Waals surface area contributed by atoms with Gasteiger partial charge in [0.05, 0.1) is 0 Å². The third-order valence-electron chi connectivity index (χ3n) is 3.80. The van der Waals surface area contributed by atoms with E-state index in [1.54, 1.807) is 0 Å². The number of piperazine rings is 1. The Kier molecular flexibility index (Phi) is 3.65. The first-order chi connectivity index (χ1) is 9.38. The molecule has 3 nitrogen and oxygen atoms in total. The number of benzene rings is 1. The number of fused-ring (bicyclic) bond motifs is 1. The van der Waals surface area contributed by atoms with Gasteiger partial charge in [-0.1, -0.05) is 31.2 Å². The summed E-state index contributed by atoms with van der Waals surface area (Å²) in [5, 5.41) is 2.53. The van der Waals surface area contributed by atoms with E-state index in [0.717, 1.165) is 45.0 Å². The van der Waals surface area contributed by atoms with Crippen LogP contribution < -0.4 is 4.90 Å². The monoisotopic (exact) mass is 254 g/mol. The van der Waals surface area contributed by atoms with Gasteiger partial charge in [0.25, 0.3) is 0 Å². The molecule has 1 radical (unpaired) electrons. The molecule has 0 atom stereocenters. The molecule has 2 aromatic rings. The van der Waals surface area contributed by atoms with Crippen LogP contribution in [0.1, 0.15) is 6.42 Å². The number of hydrogen-bond donors (Lipinski definition) is 0. The third-order valence-corrected chi connectivity index (χ3v) is 3.80. The molecule has 3 rings (SSSR count). The van der Waals surface area contributed by atoms with Crippen LogP contribution in [0.25, 0.3) is 10.8 Å². The van der Waals surface area contributed by atoms with Gasteiger partial charge in [0.1, 0.15) is 5.82 Å². The second kappa shape index (κ2) is 5.57. The zero-order chi connectivity index (χ0) is 13.1. The van der Waals surface area contributed by atoms with E-state index < -0.39 is 0 Å². The SMILES string of the molecule is [CH2]CCN1CCN(c2nccc3ccccc23)CC1. The summed E-state index contributed by atoms with van der Waals surface area (Å²) in [6.07, 6.45) is 2.91. The number of nitrogens with zero attached hydrogens (tertiary/aromatic N) is 3. The van der Waals surface area contributed by atoms with E-state index in [2.05, 4.69) is 52.0 Å². The smallest absolute Gasteiger partial charge is 0.136 e. The minimum atomic E-state index is 0.993. The molecule has 1 aliphatic heterocycles. The van der Waals surface area contributed by atoms with E-state index >= 15 is 0 Å². The minimum Gasteiger partial charge on any atom is -0.354 e. The molecule has 19 heavy (non-hydrogen) atoms. The van der Waals surface area contributed by atoms with Crippen molar-refractivity contribution in [2.45, 2.75) is 6.42 Å². The highest BCUT2D eigenvalue weighted by Crippen LogP contribution is 2.24. The van der Waals surface area contributed by atoms with Crippen LogP contribution in [0.15, 0.2) is 36.5 Å². The molecule has 0 spiro atoms. The van der Waals surface area contributed by atoms with Crippen LogP contribution in [0.2, 0.25) is 0 Å². The normalized spacial score (nSPS) is 17.0. The molecule has 2 heterocycles. The Morgan fingerprint density at radius 3 is 2.63 bits per heavy atom. The van der Waals surface area contributed by atoms with Gasteiger partial charge < -0.3 is 4.90 Å². The maximum atomic E-state index is 4.60. The quantitative estimate of drug-likeness (QED) is 0.839. The third kappa shape index (κ3) is 2.56. The molecule has 1 aliphatic rings. The largest absolute Gasteiger partial charge is 0.354 e. The van der Waals surface area contributed by atoms with Crippen LogP contribution in [-0.2, 0) is 0 Å². The standard InChI is InChI=1S/C16H20N3/c1-2-9-18-10-12-19(13-11-18)16-15-6-4-3-5-14(15)7-8-17-16/h3-8H,1-2,9-13H2. The molecule has 0 N–H and O–H groups in total. The molecule has 0 aliphatic carbocycles. The van der Waals surface area contributed by atoms with E-state index in [0.29, 0.717) is 0 Å². The van der Waals surface area contributed by atoms with Gasteiger partial charge in [0.2, 0.25) is 0 Å². The fourth-order valence-electron chi connectivity index (χ4n) is 2.76. The number of hydrogen-bond acceptors (Lipinski definition) is 3. The molecular formula is C16H20N3. The summed E-state index contributed by atoms with van der Waals surface area (Å²) < 4.78 is 0. The molecule has 1 saturated heterocycles. The van der Waals surface area contributed by atoms with E-state index in [1.165, 1.54) is 10.8 Å². The maximum Gasteiger partial charge on any atom is 0.136 e. The first kappa shape index (κ1) is 12.4. The first-order valence-corrected chi connectivity index (χ1v) is 6.99. The van der Waals surface area contributed by atoms with E-state index in [9.17, 15) is 0 Å². The Morgan fingerprint density at radius 2 is 1.84 bits per heavy atom. The topological polar surface area (TPSA) is 19.4 Å². The molecule has 0 saturated carbocycles. The highest BCUT2D eigenvalue weighted by atomic mass is 15.3. The Balaban J connectivity index is 1.82. The Bertz CT molecular complexity index is 539. The number of pyridine rings is 1. The van der Waals surface area contributed by atoms with E-state index in [1.807, 2.05) is 6.20 Å². The predicted octanol–water partition coefficient (Wildman–Crippen LogP) is 2.58. The second-order valence-corrected chi connectivity index (χ2v) is 5.04. The van der Waals surface area contributed by atoms with Crippen molar-refractivity contribution in [2.75, 3.05) is 37.6 Å². The summed E-state index contributed by atoms with van der Waals surface area (Å²) >= 11 is 0. The highest BCUT2D eigenvalue weighted by molar-refractivity contribution is 5.92. The van der Waals surface area contributed by atoms with E-state index in [4.69, 9.17) is 0 Å². The van der Waals surface area contributed by atoms with Crippen LogP contribution in [0, 0.1) is 6.92 Å². The second-order valence-electron chi connectivity index (χ2n) is 5.04. The average molecular weight is 254 g/mol. The van der Waals surface area contributed by atoms with Crippen molar-refractivity contribution in [3.8, 4) is 0 Å². The van der Waals surface area contributed by atoms with E-state index in [-0.39, 0.29) is 0 Å². The molecule has 0 amide bonds. The Hall–Kier alpha value is -1.61. The van der Waals surface area contributed by atoms with Crippen molar-refractivity contribution in [1.82, 2.24) is 9.88 Å². The minimum absolute atomic E-state index is 0.993. The van der Waals surface area contributed by atoms with Crippen LogP contribution in [-0.4, -0.2) is 42.6 Å². The van der Waals surface area contributed by atoms with Gasteiger partial charge in [-0.3, -0.25) is 4.90 Å². The number of rotatable bonds is 3. The zero-order valence-corrected chi connectivity index (χ0v) is 11.3. The summed E-state index contributed by atoms with van der Waals surface area (Å²) in [4.78, 5) is 9.48.